The van der Waals surface area contributed by atoms with Gasteiger partial charge in [0.25, 0.3) is 5.91 Å². The molecule has 10 heteroatoms. The number of anilines is 2. The van der Waals surface area contributed by atoms with Crippen LogP contribution in [0.1, 0.15) is 57.3 Å². The molecule has 0 aliphatic carbocycles. The molecule has 2 heterocycles. The summed E-state index contributed by atoms with van der Waals surface area (Å²) in [6.07, 6.45) is 4.29. The van der Waals surface area contributed by atoms with E-state index in [1.807, 2.05) is 20.8 Å². The summed E-state index contributed by atoms with van der Waals surface area (Å²) >= 11 is 0. The molecule has 10 nitrogen and oxygen atoms in total. The number of nitrogens with two attached hydrogens (primary N) is 1. The van der Waals surface area contributed by atoms with Crippen molar-refractivity contribution in [2.45, 2.75) is 58.5 Å². The van der Waals surface area contributed by atoms with Gasteiger partial charge in [-0.05, 0) is 32.4 Å². The van der Waals surface area contributed by atoms with E-state index in [1.165, 1.54) is 11.1 Å². The highest BCUT2D eigenvalue weighted by Crippen LogP contribution is 2.26. The molecule has 0 unspecified atom stereocenters. The van der Waals surface area contributed by atoms with Gasteiger partial charge in [-0.1, -0.05) is 33.6 Å². The van der Waals surface area contributed by atoms with Crippen LogP contribution in [-0.4, -0.2) is 70.9 Å². The maximum absolute atomic E-state index is 12.7. The molecule has 0 aromatic carbocycles. The molecule has 0 aliphatic rings. The first-order chi connectivity index (χ1) is 15.5. The van der Waals surface area contributed by atoms with Crippen molar-refractivity contribution in [2.75, 3.05) is 38.7 Å². The van der Waals surface area contributed by atoms with E-state index < -0.39 is 5.54 Å². The Morgan fingerprint density at radius 2 is 1.94 bits per heavy atom. The Bertz CT molecular complexity index is 978. The SMILES string of the molecule is CCCC[C@](C)(CNC(=O)[C@@H](NC)C(C)C)Nc1nc(N)nc2cc(C(=O)N(C)C)cnc12. The Labute approximate surface area is 196 Å². The molecule has 33 heavy (non-hydrogen) atoms. The maximum atomic E-state index is 12.7. The third kappa shape index (κ3) is 6.74. The van der Waals surface area contributed by atoms with Gasteiger partial charge >= 0.3 is 0 Å². The Hall–Kier alpha value is -3.01. The number of aromatic nitrogens is 3. The third-order valence-electron chi connectivity index (χ3n) is 5.62. The third-order valence-corrected chi connectivity index (χ3v) is 5.62. The van der Waals surface area contributed by atoms with Crippen LogP contribution in [0.2, 0.25) is 0 Å². The Kier molecular flexibility index (Phi) is 8.92. The average molecular weight is 459 g/mol. The van der Waals surface area contributed by atoms with Crippen LogP contribution in [0.4, 0.5) is 11.8 Å². The Morgan fingerprint density at radius 3 is 2.52 bits per heavy atom. The van der Waals surface area contributed by atoms with Crippen molar-refractivity contribution in [3.8, 4) is 0 Å². The minimum Gasteiger partial charge on any atom is -0.368 e. The lowest BCUT2D eigenvalue weighted by molar-refractivity contribution is -0.124. The molecular weight excluding hydrogens is 420 g/mol. The van der Waals surface area contributed by atoms with Gasteiger partial charge in [0.1, 0.15) is 5.52 Å². The van der Waals surface area contributed by atoms with Gasteiger partial charge in [0, 0.05) is 26.8 Å². The fraction of sp³-hybridized carbons (Fsp3) is 0.609. The fourth-order valence-corrected chi connectivity index (χ4v) is 3.71. The predicted molar refractivity (Wildman–Crippen MR) is 132 cm³/mol. The van der Waals surface area contributed by atoms with Crippen LogP contribution in [0.3, 0.4) is 0 Å². The molecule has 2 aromatic rings. The number of amides is 2. The summed E-state index contributed by atoms with van der Waals surface area (Å²) < 4.78 is 0. The van der Waals surface area contributed by atoms with Gasteiger partial charge in [0.15, 0.2) is 5.82 Å². The van der Waals surface area contributed by atoms with Gasteiger partial charge in [0.05, 0.1) is 22.7 Å². The highest BCUT2D eigenvalue weighted by molar-refractivity contribution is 5.98. The van der Waals surface area contributed by atoms with Gasteiger partial charge in [-0.25, -0.2) is 9.97 Å². The molecule has 0 saturated heterocycles. The average Bonchev–Trinajstić information content (AvgIpc) is 2.75. The molecule has 2 atom stereocenters. The van der Waals surface area contributed by atoms with Crippen LogP contribution in [0.15, 0.2) is 12.3 Å². The van der Waals surface area contributed by atoms with Gasteiger partial charge < -0.3 is 26.6 Å². The molecule has 0 fully saturated rings. The van der Waals surface area contributed by atoms with Gasteiger partial charge in [-0.15, -0.1) is 0 Å². The number of nitrogen functional groups attached to an aromatic ring is 1. The molecular formula is C23H38N8O2. The smallest absolute Gasteiger partial charge is 0.254 e. The van der Waals surface area contributed by atoms with Crippen molar-refractivity contribution in [1.82, 2.24) is 30.5 Å². The topological polar surface area (TPSA) is 138 Å². The molecule has 5 N–H and O–H groups in total. The van der Waals surface area contributed by atoms with Crippen molar-refractivity contribution in [3.05, 3.63) is 17.8 Å². The quantitative estimate of drug-likeness (QED) is 0.401. The van der Waals surface area contributed by atoms with Gasteiger partial charge in [0.2, 0.25) is 11.9 Å². The molecule has 2 rings (SSSR count). The monoisotopic (exact) mass is 458 g/mol. The number of pyridine rings is 1. The van der Waals surface area contributed by atoms with E-state index in [9.17, 15) is 9.59 Å². The summed E-state index contributed by atoms with van der Waals surface area (Å²) in [5, 5.41) is 9.61. The van der Waals surface area contributed by atoms with Crippen LogP contribution < -0.4 is 21.7 Å². The minimum absolute atomic E-state index is 0.0472. The van der Waals surface area contributed by atoms with E-state index in [0.29, 0.717) is 29.0 Å². The number of hydrogen-bond acceptors (Lipinski definition) is 8. The first kappa shape index (κ1) is 26.2. The minimum atomic E-state index is -0.492. The van der Waals surface area contributed by atoms with E-state index in [0.717, 1.165) is 19.3 Å². The molecule has 0 saturated carbocycles. The lowest BCUT2D eigenvalue weighted by Crippen LogP contribution is -2.52. The fourth-order valence-electron chi connectivity index (χ4n) is 3.71. The first-order valence-electron chi connectivity index (χ1n) is 11.4. The first-order valence-corrected chi connectivity index (χ1v) is 11.4. The van der Waals surface area contributed by atoms with Crippen LogP contribution in [0, 0.1) is 5.92 Å². The van der Waals surface area contributed by atoms with Crippen molar-refractivity contribution < 1.29 is 9.59 Å². The Balaban J connectivity index is 2.36. The molecule has 0 aliphatic heterocycles. The summed E-state index contributed by atoms with van der Waals surface area (Å²) in [4.78, 5) is 39.6. The number of hydrogen-bond donors (Lipinski definition) is 4. The predicted octanol–water partition coefficient (Wildman–Crippen LogP) is 2.03. The second kappa shape index (κ2) is 11.2. The molecule has 2 aromatic heterocycles. The number of likely N-dealkylation sites (N-methyl/N-ethyl adjacent to an activating group) is 1. The molecule has 0 radical (unpaired) electrons. The van der Waals surface area contributed by atoms with E-state index in [2.05, 4.69) is 37.8 Å². The number of fused-ring (bicyclic) bond motifs is 1. The lowest BCUT2D eigenvalue weighted by Gasteiger charge is -2.33. The van der Waals surface area contributed by atoms with E-state index in [-0.39, 0.29) is 29.7 Å². The number of unbranched alkanes of at least 4 members (excludes halogenated alkanes) is 1. The van der Waals surface area contributed by atoms with Crippen LogP contribution in [0.25, 0.3) is 11.0 Å². The summed E-state index contributed by atoms with van der Waals surface area (Å²) in [6, 6.07) is 1.39. The highest BCUT2D eigenvalue weighted by atomic mass is 16.2. The molecule has 182 valence electrons. The van der Waals surface area contributed by atoms with E-state index in [1.54, 1.807) is 27.2 Å². The molecule has 0 spiro atoms. The summed E-state index contributed by atoms with van der Waals surface area (Å²) in [7, 11) is 5.15. The van der Waals surface area contributed by atoms with E-state index in [4.69, 9.17) is 5.73 Å². The van der Waals surface area contributed by atoms with Gasteiger partial charge in [-0.3, -0.25) is 9.59 Å². The van der Waals surface area contributed by atoms with Crippen molar-refractivity contribution in [1.29, 1.82) is 0 Å². The summed E-state index contributed by atoms with van der Waals surface area (Å²) in [5.41, 5.74) is 6.91. The number of carbonyl (C=O) groups excluding carboxylic acids is 2. The zero-order valence-corrected chi connectivity index (χ0v) is 20.8. The number of nitrogens with one attached hydrogen (secondary N) is 3. The standard InChI is InChI=1S/C23H38N8O2/c1-8-9-10-23(4,13-27-20(32)17(25-5)14(2)3)30-19-18-16(28-22(24)29-19)11-15(12-26-18)21(33)31(6)7/h11-12,14,17,25H,8-10,13H2,1-7H3,(H,27,32)(H3,24,28,29,30)/t17-,23+/m0/s1. The van der Waals surface area contributed by atoms with Crippen molar-refractivity contribution in [2.24, 2.45) is 5.92 Å². The number of carbonyl (C=O) groups is 2. The number of rotatable bonds is 11. The largest absolute Gasteiger partial charge is 0.368 e. The maximum Gasteiger partial charge on any atom is 0.254 e. The second-order valence-electron chi connectivity index (χ2n) is 9.24. The van der Waals surface area contributed by atoms with Crippen molar-refractivity contribution in [3.63, 3.8) is 0 Å². The molecule has 2 amide bonds. The highest BCUT2D eigenvalue weighted by Gasteiger charge is 2.28. The van der Waals surface area contributed by atoms with Crippen LogP contribution >= 0.6 is 0 Å². The zero-order chi connectivity index (χ0) is 24.8. The Morgan fingerprint density at radius 1 is 1.24 bits per heavy atom. The summed E-state index contributed by atoms with van der Waals surface area (Å²) in [5.74, 6) is 0.505. The summed E-state index contributed by atoms with van der Waals surface area (Å²) in [6.45, 7) is 8.58. The van der Waals surface area contributed by atoms with E-state index >= 15 is 0 Å². The molecule has 0 bridgehead atoms. The lowest BCUT2D eigenvalue weighted by atomic mass is 9.94. The van der Waals surface area contributed by atoms with Crippen molar-refractivity contribution >= 4 is 34.6 Å². The normalized spacial score (nSPS) is 14.1. The number of nitrogens with zero attached hydrogens (tertiary/aromatic N) is 4. The van der Waals surface area contributed by atoms with Gasteiger partial charge in [-0.2, -0.15) is 4.98 Å². The van der Waals surface area contributed by atoms with Crippen LogP contribution in [-0.2, 0) is 4.79 Å². The van der Waals surface area contributed by atoms with Crippen LogP contribution in [0.5, 0.6) is 0 Å². The zero-order valence-electron chi connectivity index (χ0n) is 20.8. The second-order valence-corrected chi connectivity index (χ2v) is 9.24.